The van der Waals surface area contributed by atoms with E-state index in [4.69, 9.17) is 5.73 Å². The van der Waals surface area contributed by atoms with E-state index in [2.05, 4.69) is 32.0 Å². The number of piperazine rings is 1. The number of amides is 1. The molecule has 7 nitrogen and oxygen atoms in total. The molecule has 0 bridgehead atoms. The van der Waals surface area contributed by atoms with Gasteiger partial charge in [-0.1, -0.05) is 19.1 Å². The van der Waals surface area contributed by atoms with E-state index in [1.165, 1.54) is 6.07 Å². The molecule has 3 aromatic rings. The average Bonchev–Trinajstić information content (AvgIpc) is 2.85. The van der Waals surface area contributed by atoms with E-state index in [1.54, 1.807) is 18.2 Å². The van der Waals surface area contributed by atoms with Crippen molar-refractivity contribution in [2.24, 2.45) is 0 Å². The molecule has 1 fully saturated rings. The van der Waals surface area contributed by atoms with E-state index in [0.29, 0.717) is 24.1 Å². The Morgan fingerprint density at radius 3 is 2.44 bits per heavy atom. The lowest BCUT2D eigenvalue weighted by molar-refractivity contribution is 0.0945. The first kappa shape index (κ1) is 22.2. The number of hydrogen-bond acceptors (Lipinski definition) is 6. The normalized spacial score (nSPS) is 16.3. The van der Waals surface area contributed by atoms with Crippen LogP contribution in [0.5, 0.6) is 0 Å². The maximum Gasteiger partial charge on any atom is 0.251 e. The lowest BCUT2D eigenvalue weighted by Crippen LogP contribution is -2.46. The molecule has 176 valence electrons. The fourth-order valence-electron chi connectivity index (χ4n) is 4.58. The minimum Gasteiger partial charge on any atom is -0.382 e. The molecule has 1 saturated heterocycles. The summed E-state index contributed by atoms with van der Waals surface area (Å²) in [5.41, 5.74) is 8.68. The zero-order chi connectivity index (χ0) is 23.8. The van der Waals surface area contributed by atoms with Crippen molar-refractivity contribution in [1.82, 2.24) is 20.2 Å². The molecule has 9 heteroatoms. The third-order valence-electron chi connectivity index (χ3n) is 6.58. The SMILES string of the molecule is CCN1CCN(c2ccc(-c3nc(-c4cc5c(cc4F)C(=O)NCC5)c(N)nc3F)cc2)CC1. The lowest BCUT2D eigenvalue weighted by Gasteiger charge is -2.35. The average molecular weight is 465 g/mol. The van der Waals surface area contributed by atoms with E-state index >= 15 is 0 Å². The summed E-state index contributed by atoms with van der Waals surface area (Å²) in [7, 11) is 0. The number of nitrogens with zero attached hydrogens (tertiary/aromatic N) is 4. The molecule has 3 N–H and O–H groups in total. The van der Waals surface area contributed by atoms with Crippen molar-refractivity contribution in [1.29, 1.82) is 0 Å². The quantitative estimate of drug-likeness (QED) is 0.617. The van der Waals surface area contributed by atoms with Crippen molar-refractivity contribution in [3.05, 3.63) is 59.3 Å². The molecular weight excluding hydrogens is 438 g/mol. The van der Waals surface area contributed by atoms with Gasteiger partial charge in [-0.3, -0.25) is 4.79 Å². The number of likely N-dealkylation sites (N-methyl/N-ethyl adjacent to an activating group) is 1. The van der Waals surface area contributed by atoms with E-state index in [0.717, 1.165) is 38.4 Å². The number of carbonyl (C=O) groups is 1. The van der Waals surface area contributed by atoms with Crippen molar-refractivity contribution in [2.45, 2.75) is 13.3 Å². The second-order valence-corrected chi connectivity index (χ2v) is 8.56. The first-order valence-electron chi connectivity index (χ1n) is 11.5. The molecular formula is C25H26F2N6O. The molecule has 2 aliphatic rings. The van der Waals surface area contributed by atoms with Gasteiger partial charge < -0.3 is 20.9 Å². The minimum atomic E-state index is -0.816. The van der Waals surface area contributed by atoms with Gasteiger partial charge in [-0.05, 0) is 42.8 Å². The summed E-state index contributed by atoms with van der Waals surface area (Å²) in [6.07, 6.45) is 0.559. The van der Waals surface area contributed by atoms with Gasteiger partial charge in [0.1, 0.15) is 17.2 Å². The number of hydrogen-bond donors (Lipinski definition) is 2. The van der Waals surface area contributed by atoms with E-state index < -0.39 is 11.8 Å². The molecule has 0 radical (unpaired) electrons. The fraction of sp³-hybridized carbons (Fsp3) is 0.320. The Kier molecular flexibility index (Phi) is 5.87. The van der Waals surface area contributed by atoms with Crippen molar-refractivity contribution in [2.75, 3.05) is 49.9 Å². The molecule has 2 aliphatic heterocycles. The molecule has 3 heterocycles. The number of aromatic nitrogens is 2. The summed E-state index contributed by atoms with van der Waals surface area (Å²) in [5.74, 6) is -1.99. The van der Waals surface area contributed by atoms with E-state index in [1.807, 2.05) is 12.1 Å². The standard InChI is InChI=1S/C25H26F2N6O/c1-2-32-9-11-33(12-10-32)17-5-3-15(4-6-17)21-23(27)31-24(28)22(30-21)19-13-16-7-8-29-25(34)18(16)14-20(19)26/h3-6,13-14H,2,7-12H2,1H3,(H2,28,31)(H,29,34). The van der Waals surface area contributed by atoms with Crippen LogP contribution >= 0.6 is 0 Å². The smallest absolute Gasteiger partial charge is 0.251 e. The Labute approximate surface area is 196 Å². The van der Waals surface area contributed by atoms with Crippen LogP contribution in [0, 0.1) is 11.8 Å². The van der Waals surface area contributed by atoms with E-state index in [-0.39, 0.29) is 34.2 Å². The number of rotatable bonds is 4. The van der Waals surface area contributed by atoms with Crippen LogP contribution in [0.15, 0.2) is 36.4 Å². The molecule has 1 amide bonds. The molecule has 0 unspecified atom stereocenters. The van der Waals surface area contributed by atoms with E-state index in [9.17, 15) is 13.6 Å². The topological polar surface area (TPSA) is 87.4 Å². The number of nitrogen functional groups attached to an aromatic ring is 1. The van der Waals surface area contributed by atoms with Crippen LogP contribution in [0.4, 0.5) is 20.3 Å². The van der Waals surface area contributed by atoms with Crippen molar-refractivity contribution < 1.29 is 13.6 Å². The largest absolute Gasteiger partial charge is 0.382 e. The van der Waals surface area contributed by atoms with Gasteiger partial charge in [-0.2, -0.15) is 9.37 Å². The highest BCUT2D eigenvalue weighted by Crippen LogP contribution is 2.33. The third-order valence-corrected chi connectivity index (χ3v) is 6.58. The third kappa shape index (κ3) is 4.07. The highest BCUT2D eigenvalue weighted by atomic mass is 19.1. The Morgan fingerprint density at radius 1 is 1.00 bits per heavy atom. The zero-order valence-electron chi connectivity index (χ0n) is 18.9. The highest BCUT2D eigenvalue weighted by Gasteiger charge is 2.23. The van der Waals surface area contributed by atoms with Gasteiger partial charge in [-0.25, -0.2) is 9.37 Å². The summed E-state index contributed by atoms with van der Waals surface area (Å²) in [4.78, 5) is 24.9. The van der Waals surface area contributed by atoms with Crippen LogP contribution in [0.2, 0.25) is 0 Å². The summed E-state index contributed by atoms with van der Waals surface area (Å²) < 4.78 is 29.7. The Balaban J connectivity index is 1.47. The maximum atomic E-state index is 15.0. The number of fused-ring (bicyclic) bond motifs is 1. The van der Waals surface area contributed by atoms with Crippen LogP contribution in [-0.4, -0.2) is 60.0 Å². The first-order valence-corrected chi connectivity index (χ1v) is 11.5. The van der Waals surface area contributed by atoms with Crippen LogP contribution < -0.4 is 16.0 Å². The zero-order valence-corrected chi connectivity index (χ0v) is 18.9. The van der Waals surface area contributed by atoms with Crippen molar-refractivity contribution >= 4 is 17.4 Å². The van der Waals surface area contributed by atoms with Gasteiger partial charge in [0.15, 0.2) is 5.82 Å². The fourth-order valence-corrected chi connectivity index (χ4v) is 4.58. The number of halogens is 2. The first-order chi connectivity index (χ1) is 16.4. The molecule has 0 aliphatic carbocycles. The van der Waals surface area contributed by atoms with Crippen LogP contribution in [0.3, 0.4) is 0 Å². The number of anilines is 2. The molecule has 0 saturated carbocycles. The maximum absolute atomic E-state index is 15.0. The van der Waals surface area contributed by atoms with Crippen LogP contribution in [0.1, 0.15) is 22.8 Å². The van der Waals surface area contributed by atoms with Gasteiger partial charge in [0.05, 0.1) is 0 Å². The van der Waals surface area contributed by atoms with Crippen LogP contribution in [0.25, 0.3) is 22.5 Å². The molecule has 1 aromatic heterocycles. The minimum absolute atomic E-state index is 0.00131. The summed E-state index contributed by atoms with van der Waals surface area (Å²) in [6, 6.07) is 10.2. The lowest BCUT2D eigenvalue weighted by atomic mass is 9.96. The molecule has 34 heavy (non-hydrogen) atoms. The number of nitrogens with two attached hydrogens (primary N) is 1. The van der Waals surface area contributed by atoms with Crippen molar-refractivity contribution in [3.8, 4) is 22.5 Å². The van der Waals surface area contributed by atoms with Gasteiger partial charge in [0.2, 0.25) is 5.95 Å². The monoisotopic (exact) mass is 464 g/mol. The second-order valence-electron chi connectivity index (χ2n) is 8.56. The summed E-state index contributed by atoms with van der Waals surface area (Å²) in [6.45, 7) is 7.55. The molecule has 5 rings (SSSR count). The Morgan fingerprint density at radius 2 is 1.74 bits per heavy atom. The Bertz CT molecular complexity index is 1240. The molecule has 0 spiro atoms. The summed E-state index contributed by atoms with van der Waals surface area (Å²) >= 11 is 0. The van der Waals surface area contributed by atoms with Gasteiger partial charge >= 0.3 is 0 Å². The number of carbonyl (C=O) groups excluding carboxylic acids is 1. The van der Waals surface area contributed by atoms with Crippen molar-refractivity contribution in [3.63, 3.8) is 0 Å². The number of benzene rings is 2. The van der Waals surface area contributed by atoms with Gasteiger partial charge in [0.25, 0.3) is 5.91 Å². The predicted molar refractivity (Wildman–Crippen MR) is 128 cm³/mol. The summed E-state index contributed by atoms with van der Waals surface area (Å²) in [5, 5.41) is 2.69. The predicted octanol–water partition coefficient (Wildman–Crippen LogP) is 3.10. The molecule has 0 atom stereocenters. The van der Waals surface area contributed by atoms with Crippen LogP contribution in [-0.2, 0) is 6.42 Å². The van der Waals surface area contributed by atoms with Gasteiger partial charge in [0, 0.05) is 55.1 Å². The van der Waals surface area contributed by atoms with Gasteiger partial charge in [-0.15, -0.1) is 0 Å². The molecule has 2 aromatic carbocycles. The number of nitrogens with one attached hydrogen (secondary N) is 1. The Hall–Kier alpha value is -3.59. The highest BCUT2D eigenvalue weighted by molar-refractivity contribution is 5.97. The second kappa shape index (κ2) is 8.98.